The SMILES string of the molecule is CCC(C(=O)O)c1ccc([N+](=O)[O-])c(Cl)c1. The van der Waals surface area contributed by atoms with E-state index in [0.29, 0.717) is 12.0 Å². The predicted molar refractivity (Wildman–Crippen MR) is 58.8 cm³/mol. The smallest absolute Gasteiger partial charge is 0.310 e. The number of halogens is 1. The summed E-state index contributed by atoms with van der Waals surface area (Å²) < 4.78 is 0. The van der Waals surface area contributed by atoms with Crippen LogP contribution in [-0.2, 0) is 4.79 Å². The van der Waals surface area contributed by atoms with E-state index in [1.807, 2.05) is 0 Å². The van der Waals surface area contributed by atoms with E-state index in [1.54, 1.807) is 6.92 Å². The number of aliphatic carboxylic acids is 1. The molecule has 6 heteroatoms. The van der Waals surface area contributed by atoms with Gasteiger partial charge in [-0.05, 0) is 18.1 Å². The van der Waals surface area contributed by atoms with Crippen LogP contribution in [0, 0.1) is 10.1 Å². The summed E-state index contributed by atoms with van der Waals surface area (Å²) in [6.07, 6.45) is 0.406. The van der Waals surface area contributed by atoms with Crippen molar-refractivity contribution >= 4 is 23.3 Å². The van der Waals surface area contributed by atoms with E-state index >= 15 is 0 Å². The molecule has 0 spiro atoms. The molecule has 0 bridgehead atoms. The van der Waals surface area contributed by atoms with E-state index in [1.165, 1.54) is 18.2 Å². The summed E-state index contributed by atoms with van der Waals surface area (Å²) in [5.41, 5.74) is 0.260. The second-order valence-electron chi connectivity index (χ2n) is 3.27. The normalized spacial score (nSPS) is 12.1. The maximum absolute atomic E-state index is 10.9. The van der Waals surface area contributed by atoms with Crippen LogP contribution in [0.2, 0.25) is 5.02 Å². The van der Waals surface area contributed by atoms with Crippen molar-refractivity contribution in [3.8, 4) is 0 Å². The summed E-state index contributed by atoms with van der Waals surface area (Å²) in [6, 6.07) is 3.98. The van der Waals surface area contributed by atoms with Crippen LogP contribution in [0.4, 0.5) is 5.69 Å². The molecule has 0 heterocycles. The Labute approximate surface area is 96.8 Å². The minimum Gasteiger partial charge on any atom is -0.481 e. The van der Waals surface area contributed by atoms with Gasteiger partial charge in [0.25, 0.3) is 5.69 Å². The van der Waals surface area contributed by atoms with Gasteiger partial charge in [-0.15, -0.1) is 0 Å². The molecule has 1 aromatic rings. The molecule has 0 fully saturated rings. The molecule has 0 amide bonds. The molecule has 0 saturated carbocycles. The number of benzene rings is 1. The lowest BCUT2D eigenvalue weighted by Crippen LogP contribution is -2.10. The van der Waals surface area contributed by atoms with Gasteiger partial charge in [-0.1, -0.05) is 24.6 Å². The summed E-state index contributed by atoms with van der Waals surface area (Å²) in [6.45, 7) is 1.73. The Kier molecular flexibility index (Phi) is 3.84. The molecule has 5 nitrogen and oxygen atoms in total. The Hall–Kier alpha value is -1.62. The van der Waals surface area contributed by atoms with Gasteiger partial charge in [0.2, 0.25) is 0 Å². The Morgan fingerprint density at radius 2 is 2.25 bits per heavy atom. The number of carbonyl (C=O) groups is 1. The van der Waals surface area contributed by atoms with Crippen LogP contribution in [0.5, 0.6) is 0 Å². The Bertz CT molecular complexity index is 433. The molecular weight excluding hydrogens is 234 g/mol. The van der Waals surface area contributed by atoms with Crippen molar-refractivity contribution in [3.05, 3.63) is 38.9 Å². The number of nitro benzene ring substituents is 1. The molecule has 1 N–H and O–H groups in total. The van der Waals surface area contributed by atoms with E-state index in [0.717, 1.165) is 0 Å². The molecule has 0 aliphatic rings. The van der Waals surface area contributed by atoms with Crippen molar-refractivity contribution in [3.63, 3.8) is 0 Å². The van der Waals surface area contributed by atoms with Crippen molar-refractivity contribution < 1.29 is 14.8 Å². The molecule has 1 atom stereocenters. The van der Waals surface area contributed by atoms with Crippen LogP contribution >= 0.6 is 11.6 Å². The van der Waals surface area contributed by atoms with E-state index in [-0.39, 0.29) is 10.7 Å². The fourth-order valence-corrected chi connectivity index (χ4v) is 1.70. The van der Waals surface area contributed by atoms with Crippen LogP contribution in [0.15, 0.2) is 18.2 Å². The first-order valence-electron chi connectivity index (χ1n) is 4.64. The van der Waals surface area contributed by atoms with Gasteiger partial charge in [-0.2, -0.15) is 0 Å². The van der Waals surface area contributed by atoms with Gasteiger partial charge in [0.15, 0.2) is 0 Å². The highest BCUT2D eigenvalue weighted by atomic mass is 35.5. The van der Waals surface area contributed by atoms with Crippen molar-refractivity contribution in [2.45, 2.75) is 19.3 Å². The summed E-state index contributed by atoms with van der Waals surface area (Å²) in [5, 5.41) is 19.4. The first kappa shape index (κ1) is 12.4. The molecular formula is C10H10ClNO4. The van der Waals surface area contributed by atoms with Crippen LogP contribution in [0.3, 0.4) is 0 Å². The molecule has 0 radical (unpaired) electrons. The predicted octanol–water partition coefficient (Wildman–Crippen LogP) is 2.83. The number of hydrogen-bond acceptors (Lipinski definition) is 3. The second kappa shape index (κ2) is 4.94. The average molecular weight is 244 g/mol. The van der Waals surface area contributed by atoms with Gasteiger partial charge in [0.05, 0.1) is 10.8 Å². The summed E-state index contributed by atoms with van der Waals surface area (Å²) in [7, 11) is 0. The monoisotopic (exact) mass is 243 g/mol. The fraction of sp³-hybridized carbons (Fsp3) is 0.300. The summed E-state index contributed by atoms with van der Waals surface area (Å²) >= 11 is 5.70. The summed E-state index contributed by atoms with van der Waals surface area (Å²) in [5.74, 6) is -1.65. The fourth-order valence-electron chi connectivity index (χ4n) is 1.44. The molecule has 1 aromatic carbocycles. The number of nitrogens with zero attached hydrogens (tertiary/aromatic N) is 1. The largest absolute Gasteiger partial charge is 0.481 e. The van der Waals surface area contributed by atoms with Gasteiger partial charge < -0.3 is 5.11 Å². The Balaban J connectivity index is 3.14. The molecule has 0 aliphatic heterocycles. The summed E-state index contributed by atoms with van der Waals surface area (Å²) in [4.78, 5) is 20.8. The van der Waals surface area contributed by atoms with Crippen molar-refractivity contribution in [1.29, 1.82) is 0 Å². The molecule has 0 aliphatic carbocycles. The number of carboxylic acid groups (broad SMARTS) is 1. The zero-order valence-electron chi connectivity index (χ0n) is 8.51. The van der Waals surface area contributed by atoms with Gasteiger partial charge >= 0.3 is 5.97 Å². The third kappa shape index (κ3) is 2.49. The van der Waals surface area contributed by atoms with Crippen LogP contribution in [0.1, 0.15) is 24.8 Å². The van der Waals surface area contributed by atoms with Crippen LogP contribution in [-0.4, -0.2) is 16.0 Å². The van der Waals surface area contributed by atoms with Gasteiger partial charge in [0.1, 0.15) is 5.02 Å². The zero-order valence-corrected chi connectivity index (χ0v) is 9.27. The maximum Gasteiger partial charge on any atom is 0.310 e. The molecule has 1 rings (SSSR count). The Morgan fingerprint density at radius 3 is 2.62 bits per heavy atom. The second-order valence-corrected chi connectivity index (χ2v) is 3.67. The Morgan fingerprint density at radius 1 is 1.62 bits per heavy atom. The minimum atomic E-state index is -0.965. The number of nitro groups is 1. The van der Waals surface area contributed by atoms with Crippen molar-refractivity contribution in [1.82, 2.24) is 0 Å². The lowest BCUT2D eigenvalue weighted by molar-refractivity contribution is -0.384. The molecule has 16 heavy (non-hydrogen) atoms. The number of rotatable bonds is 4. The maximum atomic E-state index is 10.9. The standard InChI is InChI=1S/C10H10ClNO4/c1-2-7(10(13)14)6-3-4-9(12(15)16)8(11)5-6/h3-5,7H,2H2,1H3,(H,13,14). The first-order chi connectivity index (χ1) is 7.47. The van der Waals surface area contributed by atoms with E-state index in [9.17, 15) is 14.9 Å². The quantitative estimate of drug-likeness (QED) is 0.651. The van der Waals surface area contributed by atoms with Crippen LogP contribution in [0.25, 0.3) is 0 Å². The van der Waals surface area contributed by atoms with Gasteiger partial charge in [-0.3, -0.25) is 14.9 Å². The average Bonchev–Trinajstić information content (AvgIpc) is 2.17. The van der Waals surface area contributed by atoms with Gasteiger partial charge in [-0.25, -0.2) is 0 Å². The van der Waals surface area contributed by atoms with E-state index < -0.39 is 16.8 Å². The third-order valence-corrected chi connectivity index (χ3v) is 2.58. The van der Waals surface area contributed by atoms with E-state index in [4.69, 9.17) is 16.7 Å². The number of carboxylic acids is 1. The highest BCUT2D eigenvalue weighted by Gasteiger charge is 2.20. The lowest BCUT2D eigenvalue weighted by atomic mass is 9.96. The molecule has 86 valence electrons. The number of hydrogen-bond donors (Lipinski definition) is 1. The third-order valence-electron chi connectivity index (χ3n) is 2.28. The first-order valence-corrected chi connectivity index (χ1v) is 5.01. The topological polar surface area (TPSA) is 80.4 Å². The zero-order chi connectivity index (χ0) is 12.3. The molecule has 0 aromatic heterocycles. The minimum absolute atomic E-state index is 0.0396. The highest BCUT2D eigenvalue weighted by molar-refractivity contribution is 6.32. The lowest BCUT2D eigenvalue weighted by Gasteiger charge is -2.09. The van der Waals surface area contributed by atoms with E-state index in [2.05, 4.69) is 0 Å². The van der Waals surface area contributed by atoms with Crippen molar-refractivity contribution in [2.24, 2.45) is 0 Å². The van der Waals surface area contributed by atoms with Gasteiger partial charge in [0, 0.05) is 6.07 Å². The molecule has 1 unspecified atom stereocenters. The van der Waals surface area contributed by atoms with Crippen LogP contribution < -0.4 is 0 Å². The molecule has 0 saturated heterocycles. The van der Waals surface area contributed by atoms with Crippen molar-refractivity contribution in [2.75, 3.05) is 0 Å². The highest BCUT2D eigenvalue weighted by Crippen LogP contribution is 2.29.